The van der Waals surface area contributed by atoms with Crippen LogP contribution in [0.15, 0.2) is 46.0 Å². The van der Waals surface area contributed by atoms with Crippen molar-refractivity contribution in [3.8, 4) is 0 Å². The van der Waals surface area contributed by atoms with Crippen LogP contribution in [0.4, 0.5) is 10.1 Å². The van der Waals surface area contributed by atoms with Gasteiger partial charge in [0, 0.05) is 37.2 Å². The summed E-state index contributed by atoms with van der Waals surface area (Å²) in [6.07, 6.45) is 0.926. The molecule has 1 spiro atoms. The average Bonchev–Trinajstić information content (AvgIpc) is 3.29. The van der Waals surface area contributed by atoms with E-state index in [2.05, 4.69) is 0 Å². The van der Waals surface area contributed by atoms with Gasteiger partial charge in [0.05, 0.1) is 0 Å². The minimum Gasteiger partial charge on any atom is -0.312 e. The van der Waals surface area contributed by atoms with Crippen molar-refractivity contribution in [2.24, 2.45) is 5.41 Å². The van der Waals surface area contributed by atoms with E-state index in [0.29, 0.717) is 42.4 Å². The Kier molecular flexibility index (Phi) is 3.93. The van der Waals surface area contributed by atoms with Crippen LogP contribution in [-0.2, 0) is 14.8 Å². The normalized spacial score (nSPS) is 24.5. The van der Waals surface area contributed by atoms with Crippen LogP contribution in [0.1, 0.15) is 12.8 Å². The van der Waals surface area contributed by atoms with Crippen LogP contribution in [0.3, 0.4) is 0 Å². The lowest BCUT2D eigenvalue weighted by molar-refractivity contribution is -0.117. The fourth-order valence-electron chi connectivity index (χ4n) is 3.69. The van der Waals surface area contributed by atoms with E-state index in [9.17, 15) is 17.6 Å². The zero-order valence-electron chi connectivity index (χ0n) is 13.4. The first-order chi connectivity index (χ1) is 11.9. The summed E-state index contributed by atoms with van der Waals surface area (Å²) >= 11 is 1.20. The summed E-state index contributed by atoms with van der Waals surface area (Å²) in [7, 11) is -3.50. The third-order valence-electron chi connectivity index (χ3n) is 4.93. The lowest BCUT2D eigenvalue weighted by Gasteiger charge is -2.24. The molecule has 1 aromatic carbocycles. The number of sulfonamides is 1. The zero-order chi connectivity index (χ0) is 17.7. The summed E-state index contributed by atoms with van der Waals surface area (Å²) in [4.78, 5) is 14.0. The third kappa shape index (κ3) is 2.88. The predicted molar refractivity (Wildman–Crippen MR) is 93.5 cm³/mol. The molecule has 0 N–H and O–H groups in total. The molecule has 2 aliphatic rings. The number of halogens is 1. The molecule has 2 saturated heterocycles. The summed E-state index contributed by atoms with van der Waals surface area (Å²) in [6, 6.07) is 9.27. The zero-order valence-corrected chi connectivity index (χ0v) is 15.0. The van der Waals surface area contributed by atoms with Crippen LogP contribution in [0.2, 0.25) is 0 Å². The van der Waals surface area contributed by atoms with Crippen molar-refractivity contribution in [3.05, 3.63) is 47.6 Å². The quantitative estimate of drug-likeness (QED) is 0.823. The van der Waals surface area contributed by atoms with Gasteiger partial charge in [-0.2, -0.15) is 4.31 Å². The van der Waals surface area contributed by atoms with Crippen molar-refractivity contribution in [1.29, 1.82) is 0 Å². The van der Waals surface area contributed by atoms with Crippen molar-refractivity contribution >= 4 is 33.0 Å². The average molecular weight is 380 g/mol. The molecule has 8 heteroatoms. The molecule has 0 radical (unpaired) electrons. The minimum absolute atomic E-state index is 0.0824. The molecule has 0 unspecified atom stereocenters. The Hall–Kier alpha value is -1.77. The number of thiophene rings is 1. The number of carbonyl (C=O) groups is 1. The maximum absolute atomic E-state index is 13.5. The van der Waals surface area contributed by atoms with Gasteiger partial charge in [-0.15, -0.1) is 11.3 Å². The summed E-state index contributed by atoms with van der Waals surface area (Å²) in [5.74, 6) is -0.472. The largest absolute Gasteiger partial charge is 0.312 e. The minimum atomic E-state index is -3.50. The van der Waals surface area contributed by atoms with E-state index in [4.69, 9.17) is 0 Å². The summed E-state index contributed by atoms with van der Waals surface area (Å²) in [5, 5.41) is 1.74. The fraction of sp³-hybridized carbons (Fsp3) is 0.353. The first-order valence-corrected chi connectivity index (χ1v) is 10.3. The van der Waals surface area contributed by atoms with E-state index >= 15 is 0 Å². The third-order valence-corrected chi connectivity index (χ3v) is 8.15. The number of carbonyl (C=O) groups excluding carboxylic acids is 1. The molecular weight excluding hydrogens is 363 g/mol. The number of benzene rings is 1. The molecule has 2 aromatic rings. The monoisotopic (exact) mass is 380 g/mol. The number of anilines is 1. The van der Waals surface area contributed by atoms with Gasteiger partial charge < -0.3 is 4.90 Å². The van der Waals surface area contributed by atoms with Crippen molar-refractivity contribution in [2.45, 2.75) is 17.1 Å². The molecule has 0 bridgehead atoms. The Morgan fingerprint density at radius 3 is 2.72 bits per heavy atom. The van der Waals surface area contributed by atoms with Gasteiger partial charge in [0.15, 0.2) is 0 Å². The summed E-state index contributed by atoms with van der Waals surface area (Å²) in [6.45, 7) is 1.15. The Balaban J connectivity index is 1.56. The van der Waals surface area contributed by atoms with Gasteiger partial charge >= 0.3 is 0 Å². The Bertz CT molecular complexity index is 914. The molecule has 132 valence electrons. The molecule has 0 saturated carbocycles. The first kappa shape index (κ1) is 16.7. The van der Waals surface area contributed by atoms with Gasteiger partial charge in [-0.1, -0.05) is 12.1 Å². The SMILES string of the molecule is O=C1C[C@]2(CCN(S(=O)(=O)c3cccs3)C2)CN1c1cccc(F)c1. The van der Waals surface area contributed by atoms with Gasteiger partial charge in [0.2, 0.25) is 5.91 Å². The molecule has 3 heterocycles. The Labute approximate surface area is 149 Å². The van der Waals surface area contributed by atoms with Crippen LogP contribution in [0.5, 0.6) is 0 Å². The van der Waals surface area contributed by atoms with Crippen LogP contribution >= 0.6 is 11.3 Å². The van der Waals surface area contributed by atoms with Crippen LogP contribution in [-0.4, -0.2) is 38.3 Å². The van der Waals surface area contributed by atoms with E-state index in [1.54, 1.807) is 34.5 Å². The van der Waals surface area contributed by atoms with E-state index in [-0.39, 0.29) is 11.7 Å². The van der Waals surface area contributed by atoms with Gasteiger partial charge in [-0.05, 0) is 36.1 Å². The van der Waals surface area contributed by atoms with Crippen molar-refractivity contribution in [2.75, 3.05) is 24.5 Å². The van der Waals surface area contributed by atoms with Crippen LogP contribution in [0, 0.1) is 11.2 Å². The highest BCUT2D eigenvalue weighted by Gasteiger charge is 2.50. The highest BCUT2D eigenvalue weighted by Crippen LogP contribution is 2.43. The summed E-state index contributed by atoms with van der Waals surface area (Å²) < 4.78 is 40.7. The second-order valence-corrected chi connectivity index (χ2v) is 9.77. The fourth-order valence-corrected chi connectivity index (χ4v) is 6.38. The van der Waals surface area contributed by atoms with Crippen LogP contribution < -0.4 is 4.90 Å². The van der Waals surface area contributed by atoms with Gasteiger partial charge in [-0.3, -0.25) is 4.79 Å². The van der Waals surface area contributed by atoms with E-state index < -0.39 is 15.4 Å². The van der Waals surface area contributed by atoms with Crippen molar-refractivity contribution in [1.82, 2.24) is 4.31 Å². The molecule has 2 aliphatic heterocycles. The molecule has 1 amide bonds. The number of rotatable bonds is 3. The number of hydrogen-bond acceptors (Lipinski definition) is 4. The highest BCUT2D eigenvalue weighted by molar-refractivity contribution is 7.91. The topological polar surface area (TPSA) is 57.7 Å². The second kappa shape index (κ2) is 5.89. The lowest BCUT2D eigenvalue weighted by Crippen LogP contribution is -2.34. The molecule has 1 atom stereocenters. The standard InChI is InChI=1S/C17H17FN2O3S2/c18-13-3-1-4-14(9-13)20-12-17(10-15(20)21)6-7-19(11-17)25(22,23)16-5-2-8-24-16/h1-5,8-9H,6-7,10-12H2/t17-/m0/s1. The van der Waals surface area contributed by atoms with E-state index in [1.807, 2.05) is 0 Å². The maximum atomic E-state index is 13.5. The second-order valence-electron chi connectivity index (χ2n) is 6.66. The van der Waals surface area contributed by atoms with Crippen LogP contribution in [0.25, 0.3) is 0 Å². The number of hydrogen-bond donors (Lipinski definition) is 0. The van der Waals surface area contributed by atoms with Crippen molar-refractivity contribution in [3.63, 3.8) is 0 Å². The Morgan fingerprint density at radius 1 is 1.16 bits per heavy atom. The molecule has 25 heavy (non-hydrogen) atoms. The molecular formula is C17H17FN2O3S2. The first-order valence-electron chi connectivity index (χ1n) is 7.99. The highest BCUT2D eigenvalue weighted by atomic mass is 32.2. The lowest BCUT2D eigenvalue weighted by atomic mass is 9.86. The van der Waals surface area contributed by atoms with E-state index in [1.165, 1.54) is 27.8 Å². The van der Waals surface area contributed by atoms with Gasteiger partial charge in [0.1, 0.15) is 10.0 Å². The smallest absolute Gasteiger partial charge is 0.252 e. The van der Waals surface area contributed by atoms with E-state index in [0.717, 1.165) is 0 Å². The number of nitrogens with zero attached hydrogens (tertiary/aromatic N) is 2. The predicted octanol–water partition coefficient (Wildman–Crippen LogP) is 2.70. The molecule has 0 aliphatic carbocycles. The Morgan fingerprint density at radius 2 is 2.00 bits per heavy atom. The van der Waals surface area contributed by atoms with Gasteiger partial charge in [0.25, 0.3) is 10.0 Å². The van der Waals surface area contributed by atoms with Crippen molar-refractivity contribution < 1.29 is 17.6 Å². The molecule has 4 rings (SSSR count). The molecule has 5 nitrogen and oxygen atoms in total. The number of amides is 1. The summed E-state index contributed by atoms with van der Waals surface area (Å²) in [5.41, 5.74) is 0.134. The molecule has 1 aromatic heterocycles. The maximum Gasteiger partial charge on any atom is 0.252 e. The molecule has 2 fully saturated rings. The van der Waals surface area contributed by atoms with Gasteiger partial charge in [-0.25, -0.2) is 12.8 Å².